The fourth-order valence-electron chi connectivity index (χ4n) is 3.34. The van der Waals surface area contributed by atoms with Gasteiger partial charge in [-0.2, -0.15) is 0 Å². The minimum atomic E-state index is -1.28. The molecular weight excluding hydrogens is 426 g/mol. The second kappa shape index (κ2) is 10.5. The van der Waals surface area contributed by atoms with Crippen molar-refractivity contribution in [1.82, 2.24) is 15.5 Å². The first kappa shape index (κ1) is 23.6. The van der Waals surface area contributed by atoms with Crippen LogP contribution in [0.15, 0.2) is 54.6 Å². The van der Waals surface area contributed by atoms with E-state index in [0.717, 1.165) is 4.90 Å². The monoisotopic (exact) mass is 451 g/mol. The van der Waals surface area contributed by atoms with E-state index in [1.165, 1.54) is 12.1 Å². The molecule has 0 aliphatic carbocycles. The molecule has 1 atom stereocenters. The topological polar surface area (TPSA) is 122 Å². The number of urea groups is 1. The molecule has 0 bridgehead atoms. The number of nitrogens with one attached hydrogen (secondary N) is 2. The molecule has 1 aliphatic rings. The van der Waals surface area contributed by atoms with Crippen molar-refractivity contribution in [3.05, 3.63) is 71.3 Å². The van der Waals surface area contributed by atoms with Crippen LogP contribution in [0.1, 0.15) is 40.1 Å². The molecule has 9 heteroatoms. The molecule has 9 nitrogen and oxygen atoms in total. The Morgan fingerprint density at radius 2 is 1.48 bits per heavy atom. The highest BCUT2D eigenvalue weighted by Crippen LogP contribution is 2.26. The van der Waals surface area contributed by atoms with Crippen LogP contribution in [0.3, 0.4) is 0 Å². The summed E-state index contributed by atoms with van der Waals surface area (Å²) in [7, 11) is 0. The van der Waals surface area contributed by atoms with Crippen LogP contribution in [0, 0.1) is 5.92 Å². The number of hydrogen-bond acceptors (Lipinski definition) is 6. The van der Waals surface area contributed by atoms with Crippen molar-refractivity contribution in [3.8, 4) is 0 Å². The predicted octanol–water partition coefficient (Wildman–Crippen LogP) is 1.92. The maximum absolute atomic E-state index is 12.9. The summed E-state index contributed by atoms with van der Waals surface area (Å²) in [6.45, 7) is 3.44. The summed E-state index contributed by atoms with van der Waals surface area (Å²) in [4.78, 5) is 63.4. The van der Waals surface area contributed by atoms with Crippen molar-refractivity contribution in [2.24, 2.45) is 5.92 Å². The lowest BCUT2D eigenvalue weighted by atomic mass is 10.0. The molecule has 0 saturated carbocycles. The third kappa shape index (κ3) is 5.82. The number of amides is 5. The second-order valence-corrected chi connectivity index (χ2v) is 7.99. The molecule has 172 valence electrons. The van der Waals surface area contributed by atoms with Gasteiger partial charge >= 0.3 is 12.0 Å². The molecule has 0 radical (unpaired) electrons. The number of nitrogens with zero attached hydrogens (tertiary/aromatic N) is 1. The van der Waals surface area contributed by atoms with Gasteiger partial charge in [-0.25, -0.2) is 9.59 Å². The Labute approximate surface area is 191 Å². The van der Waals surface area contributed by atoms with Gasteiger partial charge in [0.2, 0.25) is 0 Å². The molecule has 0 saturated heterocycles. The molecule has 2 N–H and O–H groups in total. The predicted molar refractivity (Wildman–Crippen MR) is 118 cm³/mol. The first-order valence-corrected chi connectivity index (χ1v) is 10.5. The second-order valence-electron chi connectivity index (χ2n) is 7.99. The molecule has 2 aromatic carbocycles. The van der Waals surface area contributed by atoms with E-state index in [4.69, 9.17) is 4.74 Å². The minimum Gasteiger partial charge on any atom is -0.454 e. The number of fused-ring (bicyclic) bond motifs is 1. The van der Waals surface area contributed by atoms with Crippen molar-refractivity contribution in [2.75, 3.05) is 13.2 Å². The zero-order valence-corrected chi connectivity index (χ0v) is 18.4. The summed E-state index contributed by atoms with van der Waals surface area (Å²) in [6, 6.07) is 13.2. The molecule has 3 rings (SSSR count). The van der Waals surface area contributed by atoms with Crippen molar-refractivity contribution >= 4 is 29.7 Å². The van der Waals surface area contributed by atoms with Crippen LogP contribution in [0.5, 0.6) is 0 Å². The van der Waals surface area contributed by atoms with Gasteiger partial charge in [0, 0.05) is 13.0 Å². The largest absolute Gasteiger partial charge is 0.454 e. The minimum absolute atomic E-state index is 0.0155. The number of carbonyl (C=O) groups is 5. The highest BCUT2D eigenvalue weighted by molar-refractivity contribution is 6.22. The normalized spacial score (nSPS) is 13.5. The zero-order chi connectivity index (χ0) is 24.0. The van der Waals surface area contributed by atoms with Crippen LogP contribution in [0.2, 0.25) is 0 Å². The van der Waals surface area contributed by atoms with Gasteiger partial charge in [0.05, 0.1) is 11.1 Å². The standard InChI is InChI=1S/C24H25N3O6/c1-15(2)13-25-24(32)26-20(28)14-33-23(31)19(12-16-8-4-3-5-9-16)27-21(29)17-10-6-7-11-18(17)22(27)30/h3-11,15,19H,12-14H2,1-2H3,(H2,25,26,28,32). The molecule has 0 aromatic heterocycles. The summed E-state index contributed by atoms with van der Waals surface area (Å²) in [5, 5.41) is 4.58. The number of esters is 1. The molecule has 1 heterocycles. The first-order chi connectivity index (χ1) is 15.8. The lowest BCUT2D eigenvalue weighted by molar-refractivity contribution is -0.152. The van der Waals surface area contributed by atoms with Crippen LogP contribution in [0.25, 0.3) is 0 Å². The molecule has 2 aromatic rings. The van der Waals surface area contributed by atoms with Gasteiger partial charge in [0.25, 0.3) is 17.7 Å². The molecule has 0 fully saturated rings. The summed E-state index contributed by atoms with van der Waals surface area (Å²) in [5.74, 6) is -2.77. The number of imide groups is 2. The van der Waals surface area contributed by atoms with Gasteiger partial charge in [-0.05, 0) is 23.6 Å². The number of ether oxygens (including phenoxy) is 1. The molecule has 1 aliphatic heterocycles. The van der Waals surface area contributed by atoms with E-state index in [2.05, 4.69) is 10.6 Å². The average Bonchev–Trinajstić information content (AvgIpc) is 3.05. The van der Waals surface area contributed by atoms with Crippen LogP contribution >= 0.6 is 0 Å². The third-order valence-electron chi connectivity index (χ3n) is 4.95. The highest BCUT2D eigenvalue weighted by atomic mass is 16.5. The SMILES string of the molecule is CC(C)CNC(=O)NC(=O)COC(=O)C(Cc1ccccc1)N1C(=O)c2ccccc2C1=O. The van der Waals surface area contributed by atoms with E-state index in [9.17, 15) is 24.0 Å². The number of hydrogen-bond donors (Lipinski definition) is 2. The smallest absolute Gasteiger partial charge is 0.330 e. The van der Waals surface area contributed by atoms with Gasteiger partial charge in [-0.3, -0.25) is 24.6 Å². The highest BCUT2D eigenvalue weighted by Gasteiger charge is 2.43. The molecule has 1 unspecified atom stereocenters. The van der Waals surface area contributed by atoms with Crippen LogP contribution in [-0.4, -0.2) is 53.8 Å². The quantitative estimate of drug-likeness (QED) is 0.467. The number of benzene rings is 2. The van der Waals surface area contributed by atoms with Crippen LogP contribution in [-0.2, 0) is 20.7 Å². The van der Waals surface area contributed by atoms with Crippen molar-refractivity contribution in [3.63, 3.8) is 0 Å². The number of carbonyl (C=O) groups excluding carboxylic acids is 5. The Morgan fingerprint density at radius 3 is 2.06 bits per heavy atom. The molecule has 0 spiro atoms. The van der Waals surface area contributed by atoms with E-state index < -0.39 is 42.4 Å². The summed E-state index contributed by atoms with van der Waals surface area (Å²) in [5.41, 5.74) is 1.11. The van der Waals surface area contributed by atoms with E-state index in [0.29, 0.717) is 12.1 Å². The van der Waals surface area contributed by atoms with Crippen LogP contribution < -0.4 is 10.6 Å². The van der Waals surface area contributed by atoms with Gasteiger partial charge in [0.1, 0.15) is 6.04 Å². The van der Waals surface area contributed by atoms with E-state index in [-0.39, 0.29) is 23.5 Å². The van der Waals surface area contributed by atoms with Gasteiger partial charge in [0.15, 0.2) is 6.61 Å². The number of rotatable bonds is 8. The van der Waals surface area contributed by atoms with E-state index >= 15 is 0 Å². The van der Waals surface area contributed by atoms with Crippen molar-refractivity contribution in [2.45, 2.75) is 26.3 Å². The Balaban J connectivity index is 1.72. The lowest BCUT2D eigenvalue weighted by Gasteiger charge is -2.24. The van der Waals surface area contributed by atoms with Gasteiger partial charge in [-0.1, -0.05) is 56.3 Å². The fourth-order valence-corrected chi connectivity index (χ4v) is 3.34. The fraction of sp³-hybridized carbons (Fsp3) is 0.292. The first-order valence-electron chi connectivity index (χ1n) is 10.5. The molecule has 33 heavy (non-hydrogen) atoms. The Hall–Kier alpha value is -4.01. The van der Waals surface area contributed by atoms with Crippen LogP contribution in [0.4, 0.5) is 4.79 Å². The summed E-state index contributed by atoms with van der Waals surface area (Å²) in [6.07, 6.45) is 0.0155. The maximum Gasteiger partial charge on any atom is 0.330 e. The third-order valence-corrected chi connectivity index (χ3v) is 4.95. The molecular formula is C24H25N3O6. The average molecular weight is 451 g/mol. The lowest BCUT2D eigenvalue weighted by Crippen LogP contribution is -2.48. The Bertz CT molecular complexity index is 1030. The van der Waals surface area contributed by atoms with Gasteiger partial charge in [-0.15, -0.1) is 0 Å². The Morgan fingerprint density at radius 1 is 0.909 bits per heavy atom. The maximum atomic E-state index is 12.9. The van der Waals surface area contributed by atoms with Crippen molar-refractivity contribution < 1.29 is 28.7 Å². The zero-order valence-electron chi connectivity index (χ0n) is 18.4. The van der Waals surface area contributed by atoms with E-state index in [1.54, 1.807) is 42.5 Å². The van der Waals surface area contributed by atoms with Crippen molar-refractivity contribution in [1.29, 1.82) is 0 Å². The van der Waals surface area contributed by atoms with Gasteiger partial charge < -0.3 is 10.1 Å². The van der Waals surface area contributed by atoms with E-state index in [1.807, 2.05) is 13.8 Å². The Kier molecular flexibility index (Phi) is 7.55. The molecule has 5 amide bonds. The summed E-state index contributed by atoms with van der Waals surface area (Å²) >= 11 is 0. The summed E-state index contributed by atoms with van der Waals surface area (Å²) < 4.78 is 5.10.